The van der Waals surface area contributed by atoms with Crippen molar-refractivity contribution in [2.45, 2.75) is 70.2 Å². The van der Waals surface area contributed by atoms with Crippen molar-refractivity contribution in [3.8, 4) is 5.75 Å². The molecule has 9 heteroatoms. The molecule has 2 aromatic rings. The third kappa shape index (κ3) is 4.66. The second-order valence-corrected chi connectivity index (χ2v) is 11.3. The molecule has 0 saturated heterocycles. The van der Waals surface area contributed by atoms with Crippen LogP contribution in [0.15, 0.2) is 47.7 Å². The first-order chi connectivity index (χ1) is 16.9. The van der Waals surface area contributed by atoms with E-state index in [0.29, 0.717) is 24.2 Å². The molecule has 8 nitrogen and oxygen atoms in total. The number of amides is 2. The Morgan fingerprint density at radius 3 is 2.75 bits per heavy atom. The number of guanidine groups is 1. The largest absolute Gasteiger partial charge is 0.487 e. The number of fused-ring (bicyclic) bond motifs is 1. The highest BCUT2D eigenvalue weighted by molar-refractivity contribution is 5.99. The maximum absolute atomic E-state index is 14.0. The van der Waals surface area contributed by atoms with E-state index < -0.39 is 17.2 Å². The number of ether oxygens (including phenoxy) is 1. The highest BCUT2D eigenvalue weighted by Gasteiger charge is 2.53. The number of aromatic nitrogens is 1. The normalized spacial score (nSPS) is 26.8. The Labute approximate surface area is 210 Å². The Hall–Kier alpha value is -3.49. The maximum atomic E-state index is 14.0. The number of nitrogens with one attached hydrogen (secondary N) is 1. The molecule has 0 radical (unpaired) electrons. The molecule has 1 aliphatic carbocycles. The summed E-state index contributed by atoms with van der Waals surface area (Å²) in [5, 5.41) is 3.13. The van der Waals surface area contributed by atoms with Gasteiger partial charge in [0.05, 0.1) is 24.0 Å². The van der Waals surface area contributed by atoms with Crippen molar-refractivity contribution < 1.29 is 18.7 Å². The first kappa shape index (κ1) is 24.2. The standard InChI is InChI=1S/C27H32FN5O3/c1-26(2)13-22(34)33(25(29)32-26)23(15-6-5-9-30-14-15)17-11-18(17)24(35)31-20-12-27(3,4)36-21-8-7-16(28)10-19(20)21/h5-10,14,17-18,20,23H,11-13H2,1-4H3,(H2,29,32)(H,31,35). The molecule has 5 rings (SSSR count). The van der Waals surface area contributed by atoms with Crippen LogP contribution >= 0.6 is 0 Å². The number of benzene rings is 1. The van der Waals surface area contributed by atoms with Crippen molar-refractivity contribution in [3.63, 3.8) is 0 Å². The second-order valence-electron chi connectivity index (χ2n) is 11.3. The van der Waals surface area contributed by atoms with Gasteiger partial charge in [-0.2, -0.15) is 0 Å². The summed E-state index contributed by atoms with van der Waals surface area (Å²) >= 11 is 0. The van der Waals surface area contributed by atoms with Crippen molar-refractivity contribution >= 4 is 17.8 Å². The van der Waals surface area contributed by atoms with Crippen LogP contribution in [0.2, 0.25) is 0 Å². The molecule has 0 spiro atoms. The van der Waals surface area contributed by atoms with E-state index in [1.165, 1.54) is 17.0 Å². The van der Waals surface area contributed by atoms with Crippen molar-refractivity contribution in [3.05, 3.63) is 59.7 Å². The predicted molar refractivity (Wildman–Crippen MR) is 132 cm³/mol. The lowest BCUT2D eigenvalue weighted by molar-refractivity contribution is -0.132. The van der Waals surface area contributed by atoms with Crippen LogP contribution in [0, 0.1) is 17.7 Å². The first-order valence-corrected chi connectivity index (χ1v) is 12.3. The molecule has 2 amide bonds. The summed E-state index contributed by atoms with van der Waals surface area (Å²) in [6.07, 6.45) is 4.71. The Kier molecular flexibility index (Phi) is 5.76. The summed E-state index contributed by atoms with van der Waals surface area (Å²) in [7, 11) is 0. The maximum Gasteiger partial charge on any atom is 0.232 e. The minimum atomic E-state index is -0.573. The lowest BCUT2D eigenvalue weighted by Gasteiger charge is -2.38. The molecule has 1 aromatic carbocycles. The van der Waals surface area contributed by atoms with Gasteiger partial charge < -0.3 is 15.8 Å². The molecule has 4 unspecified atom stereocenters. The van der Waals surface area contributed by atoms with Gasteiger partial charge in [0.1, 0.15) is 17.2 Å². The van der Waals surface area contributed by atoms with Crippen molar-refractivity contribution in [2.24, 2.45) is 22.6 Å². The third-order valence-corrected chi connectivity index (χ3v) is 7.15. The highest BCUT2D eigenvalue weighted by Crippen LogP contribution is 2.51. The molecule has 190 valence electrons. The van der Waals surface area contributed by atoms with Crippen LogP contribution in [0.4, 0.5) is 4.39 Å². The van der Waals surface area contributed by atoms with E-state index in [4.69, 9.17) is 10.5 Å². The molecule has 36 heavy (non-hydrogen) atoms. The summed E-state index contributed by atoms with van der Waals surface area (Å²) in [5.41, 5.74) is 6.66. The molecule has 3 heterocycles. The fourth-order valence-corrected chi connectivity index (χ4v) is 5.52. The molecule has 3 aliphatic rings. The van der Waals surface area contributed by atoms with Crippen LogP contribution in [0.3, 0.4) is 0 Å². The van der Waals surface area contributed by atoms with E-state index in [1.807, 2.05) is 33.8 Å². The zero-order chi connectivity index (χ0) is 25.8. The van der Waals surface area contributed by atoms with Crippen molar-refractivity contribution in [2.75, 3.05) is 0 Å². The van der Waals surface area contributed by atoms with Crippen molar-refractivity contribution in [1.82, 2.24) is 15.2 Å². The fraction of sp³-hybridized carbons (Fsp3) is 0.481. The van der Waals surface area contributed by atoms with Crippen LogP contribution < -0.4 is 15.8 Å². The molecule has 1 fully saturated rings. The topological polar surface area (TPSA) is 110 Å². The summed E-state index contributed by atoms with van der Waals surface area (Å²) < 4.78 is 20.0. The molecular formula is C27H32FN5O3. The Morgan fingerprint density at radius 1 is 1.28 bits per heavy atom. The molecule has 2 aliphatic heterocycles. The quantitative estimate of drug-likeness (QED) is 0.661. The number of rotatable bonds is 5. The van der Waals surface area contributed by atoms with E-state index >= 15 is 0 Å². The van der Waals surface area contributed by atoms with Gasteiger partial charge in [0.15, 0.2) is 5.96 Å². The number of halogens is 1. The van der Waals surface area contributed by atoms with Crippen LogP contribution in [0.25, 0.3) is 0 Å². The molecule has 1 saturated carbocycles. The zero-order valence-corrected chi connectivity index (χ0v) is 21.0. The molecule has 1 aromatic heterocycles. The van der Waals surface area contributed by atoms with Crippen molar-refractivity contribution in [1.29, 1.82) is 0 Å². The predicted octanol–water partition coefficient (Wildman–Crippen LogP) is 3.64. The summed E-state index contributed by atoms with van der Waals surface area (Å²) in [6.45, 7) is 7.64. The second kappa shape index (κ2) is 8.57. The van der Waals surface area contributed by atoms with Crippen LogP contribution in [-0.2, 0) is 9.59 Å². The number of hydrogen-bond acceptors (Lipinski definition) is 6. The van der Waals surface area contributed by atoms with E-state index in [0.717, 1.165) is 5.56 Å². The van der Waals surface area contributed by atoms with Gasteiger partial charge in [-0.3, -0.25) is 19.5 Å². The summed E-state index contributed by atoms with van der Waals surface area (Å²) in [4.78, 5) is 37.0. The Balaban J connectivity index is 1.40. The van der Waals surface area contributed by atoms with E-state index in [-0.39, 0.29) is 47.9 Å². The smallest absolute Gasteiger partial charge is 0.232 e. The van der Waals surface area contributed by atoms with Gasteiger partial charge >= 0.3 is 0 Å². The monoisotopic (exact) mass is 493 g/mol. The van der Waals surface area contributed by atoms with Gasteiger partial charge in [-0.15, -0.1) is 0 Å². The number of nitrogens with zero attached hydrogens (tertiary/aromatic N) is 3. The minimum absolute atomic E-state index is 0.122. The van der Waals surface area contributed by atoms with E-state index in [9.17, 15) is 14.0 Å². The number of nitrogens with two attached hydrogens (primary N) is 1. The average Bonchev–Trinajstić information content (AvgIpc) is 3.56. The lowest BCUT2D eigenvalue weighted by atomic mass is 9.89. The van der Waals surface area contributed by atoms with E-state index in [2.05, 4.69) is 15.3 Å². The number of aliphatic imine (C=N–C) groups is 1. The zero-order valence-electron chi connectivity index (χ0n) is 21.0. The highest BCUT2D eigenvalue weighted by atomic mass is 19.1. The minimum Gasteiger partial charge on any atom is -0.487 e. The van der Waals surface area contributed by atoms with Gasteiger partial charge in [0.2, 0.25) is 11.8 Å². The molecule has 4 atom stereocenters. The molecular weight excluding hydrogens is 461 g/mol. The van der Waals surface area contributed by atoms with Crippen LogP contribution in [0.5, 0.6) is 5.75 Å². The van der Waals surface area contributed by atoms with Crippen LogP contribution in [0.1, 0.15) is 70.2 Å². The first-order valence-electron chi connectivity index (χ1n) is 12.3. The number of carbonyl (C=O) groups is 2. The SMILES string of the molecule is CC1(C)CC(=O)N(C(c2cccnc2)C2CC2C(=O)NC2CC(C)(C)Oc3ccc(F)cc32)C(N)=N1. The molecule has 0 bridgehead atoms. The number of hydrogen-bond donors (Lipinski definition) is 2. The van der Waals surface area contributed by atoms with Gasteiger partial charge in [-0.05, 0) is 69.9 Å². The van der Waals surface area contributed by atoms with Gasteiger partial charge in [-0.25, -0.2) is 9.38 Å². The summed E-state index contributed by atoms with van der Waals surface area (Å²) in [6, 6.07) is 7.26. The van der Waals surface area contributed by atoms with Gasteiger partial charge in [-0.1, -0.05) is 6.07 Å². The number of pyridine rings is 1. The fourth-order valence-electron chi connectivity index (χ4n) is 5.52. The molecule has 3 N–H and O–H groups in total. The van der Waals surface area contributed by atoms with E-state index in [1.54, 1.807) is 24.5 Å². The third-order valence-electron chi connectivity index (χ3n) is 7.15. The lowest BCUT2D eigenvalue weighted by Crippen LogP contribution is -2.52. The Morgan fingerprint density at radius 2 is 2.06 bits per heavy atom. The van der Waals surface area contributed by atoms with Crippen LogP contribution in [-0.4, -0.2) is 38.8 Å². The average molecular weight is 494 g/mol. The van der Waals surface area contributed by atoms with Gasteiger partial charge in [0, 0.05) is 30.3 Å². The summed E-state index contributed by atoms with van der Waals surface area (Å²) in [5.74, 6) is -0.369. The van der Waals surface area contributed by atoms with Gasteiger partial charge in [0.25, 0.3) is 0 Å². The Bertz CT molecular complexity index is 1230. The number of carbonyl (C=O) groups excluding carboxylic acids is 2.